The van der Waals surface area contributed by atoms with E-state index in [1.54, 1.807) is 0 Å². The van der Waals surface area contributed by atoms with Crippen LogP contribution in [0.25, 0.3) is 0 Å². The summed E-state index contributed by atoms with van der Waals surface area (Å²) in [5, 5.41) is 9.12. The van der Waals surface area contributed by atoms with Crippen molar-refractivity contribution in [3.8, 4) is 0 Å². The van der Waals surface area contributed by atoms with Gasteiger partial charge in [0, 0.05) is 12.6 Å². The number of thioether (sulfide) groups is 1. The van der Waals surface area contributed by atoms with Gasteiger partial charge in [0.05, 0.1) is 10.6 Å². The molecule has 0 aliphatic heterocycles. The Bertz CT molecular complexity index is 395. The van der Waals surface area contributed by atoms with Gasteiger partial charge in [0.25, 0.3) is 0 Å². The number of rotatable bonds is 5. The van der Waals surface area contributed by atoms with Crippen LogP contribution in [0.4, 0.5) is 13.2 Å². The second-order valence-electron chi connectivity index (χ2n) is 3.26. The maximum Gasteiger partial charge on any atom is 0.389 e. The number of aromatic carboxylic acids is 1. The van der Waals surface area contributed by atoms with E-state index < -0.39 is 18.6 Å². The monoisotopic (exact) mass is 265 g/mol. The molecule has 1 heterocycles. The number of hydrogen-bond acceptors (Lipinski definition) is 3. The van der Waals surface area contributed by atoms with Crippen LogP contribution in [0.5, 0.6) is 0 Å². The first-order chi connectivity index (χ1) is 7.88. The van der Waals surface area contributed by atoms with Gasteiger partial charge in [-0.1, -0.05) is 0 Å². The lowest BCUT2D eigenvalue weighted by Gasteiger charge is -2.05. The third-order valence-electron chi connectivity index (χ3n) is 1.84. The van der Waals surface area contributed by atoms with Crippen molar-refractivity contribution in [2.75, 3.05) is 5.75 Å². The Morgan fingerprint density at radius 3 is 2.76 bits per heavy atom. The van der Waals surface area contributed by atoms with Gasteiger partial charge < -0.3 is 5.11 Å². The predicted molar refractivity (Wildman–Crippen MR) is 57.2 cm³/mol. The van der Waals surface area contributed by atoms with Crippen molar-refractivity contribution in [3.05, 3.63) is 23.9 Å². The lowest BCUT2D eigenvalue weighted by molar-refractivity contribution is -0.134. The van der Waals surface area contributed by atoms with Crippen LogP contribution < -0.4 is 0 Å². The number of nitrogens with zero attached hydrogens (tertiary/aromatic N) is 1. The lowest BCUT2D eigenvalue weighted by Crippen LogP contribution is -2.07. The Labute approximate surface area is 100 Å². The van der Waals surface area contributed by atoms with Gasteiger partial charge in [0.15, 0.2) is 0 Å². The number of aromatic nitrogens is 1. The van der Waals surface area contributed by atoms with Crippen LogP contribution in [0.1, 0.15) is 23.2 Å². The van der Waals surface area contributed by atoms with Crippen molar-refractivity contribution in [3.63, 3.8) is 0 Å². The summed E-state index contributed by atoms with van der Waals surface area (Å²) >= 11 is 1.12. The summed E-state index contributed by atoms with van der Waals surface area (Å²) in [6.45, 7) is 0. The first-order valence-corrected chi connectivity index (χ1v) is 5.76. The van der Waals surface area contributed by atoms with E-state index in [9.17, 15) is 18.0 Å². The van der Waals surface area contributed by atoms with Crippen molar-refractivity contribution in [2.24, 2.45) is 0 Å². The summed E-state index contributed by atoms with van der Waals surface area (Å²) in [5.74, 6) is -0.820. The molecular weight excluding hydrogens is 255 g/mol. The molecule has 0 atom stereocenters. The van der Waals surface area contributed by atoms with Gasteiger partial charge in [0.2, 0.25) is 0 Å². The third kappa shape index (κ3) is 5.58. The van der Waals surface area contributed by atoms with E-state index in [0.29, 0.717) is 5.03 Å². The minimum Gasteiger partial charge on any atom is -0.478 e. The minimum absolute atomic E-state index is 0.00680. The molecule has 0 spiro atoms. The van der Waals surface area contributed by atoms with E-state index in [0.717, 1.165) is 11.8 Å². The quantitative estimate of drug-likeness (QED) is 0.656. The van der Waals surface area contributed by atoms with E-state index in [2.05, 4.69) is 4.98 Å². The van der Waals surface area contributed by atoms with Crippen LogP contribution in [0.2, 0.25) is 0 Å². The molecule has 1 N–H and O–H groups in total. The highest BCUT2D eigenvalue weighted by molar-refractivity contribution is 7.99. The molecule has 0 aliphatic carbocycles. The molecule has 0 bridgehead atoms. The Morgan fingerprint density at radius 1 is 1.47 bits per heavy atom. The SMILES string of the molecule is O=C(O)c1ccnc(SCCCC(F)(F)F)c1. The zero-order valence-electron chi connectivity index (χ0n) is 8.70. The van der Waals surface area contributed by atoms with Crippen molar-refractivity contribution in [1.82, 2.24) is 4.98 Å². The van der Waals surface area contributed by atoms with Crippen molar-refractivity contribution >= 4 is 17.7 Å². The topological polar surface area (TPSA) is 50.2 Å². The smallest absolute Gasteiger partial charge is 0.389 e. The van der Waals surface area contributed by atoms with Crippen LogP contribution in [-0.4, -0.2) is 28.0 Å². The van der Waals surface area contributed by atoms with E-state index >= 15 is 0 Å². The highest BCUT2D eigenvalue weighted by atomic mass is 32.2. The number of carbonyl (C=O) groups is 1. The molecule has 0 aromatic carbocycles. The van der Waals surface area contributed by atoms with Crippen LogP contribution in [0.3, 0.4) is 0 Å². The van der Waals surface area contributed by atoms with Crippen molar-refractivity contribution < 1.29 is 23.1 Å². The maximum absolute atomic E-state index is 11.8. The Morgan fingerprint density at radius 2 is 2.18 bits per heavy atom. The largest absolute Gasteiger partial charge is 0.478 e. The maximum atomic E-state index is 11.8. The Kier molecular flexibility index (Phi) is 4.80. The summed E-state index contributed by atoms with van der Waals surface area (Å²) < 4.78 is 35.5. The molecule has 0 unspecified atom stereocenters. The average molecular weight is 265 g/mol. The molecule has 94 valence electrons. The number of carboxylic acids is 1. The summed E-state index contributed by atoms with van der Waals surface area (Å²) in [4.78, 5) is 14.5. The molecule has 7 heteroatoms. The van der Waals surface area contributed by atoms with Gasteiger partial charge in [-0.25, -0.2) is 9.78 Å². The Balaban J connectivity index is 2.42. The van der Waals surface area contributed by atoms with Gasteiger partial charge in [-0.3, -0.25) is 0 Å². The predicted octanol–water partition coefficient (Wildman–Crippen LogP) is 3.21. The third-order valence-corrected chi connectivity index (χ3v) is 2.85. The van der Waals surface area contributed by atoms with E-state index in [4.69, 9.17) is 5.11 Å². The molecule has 3 nitrogen and oxygen atoms in total. The lowest BCUT2D eigenvalue weighted by atomic mass is 10.3. The van der Waals surface area contributed by atoms with Gasteiger partial charge >= 0.3 is 12.1 Å². The van der Waals surface area contributed by atoms with Gasteiger partial charge in [-0.15, -0.1) is 11.8 Å². The first-order valence-electron chi connectivity index (χ1n) is 4.77. The van der Waals surface area contributed by atoms with E-state index in [-0.39, 0.29) is 17.7 Å². The first kappa shape index (κ1) is 13.8. The highest BCUT2D eigenvalue weighted by Gasteiger charge is 2.25. The highest BCUT2D eigenvalue weighted by Crippen LogP contribution is 2.24. The minimum atomic E-state index is -4.14. The van der Waals surface area contributed by atoms with Gasteiger partial charge in [0.1, 0.15) is 0 Å². The average Bonchev–Trinajstić information content (AvgIpc) is 2.23. The summed E-state index contributed by atoms with van der Waals surface area (Å²) in [5.41, 5.74) is 0.0818. The number of pyridine rings is 1. The van der Waals surface area contributed by atoms with Crippen molar-refractivity contribution in [2.45, 2.75) is 24.0 Å². The molecule has 1 rings (SSSR count). The van der Waals surface area contributed by atoms with Crippen LogP contribution in [0, 0.1) is 0 Å². The second kappa shape index (κ2) is 5.90. The molecule has 1 aromatic rings. The molecule has 0 amide bonds. The van der Waals surface area contributed by atoms with Gasteiger partial charge in [-0.05, 0) is 24.3 Å². The van der Waals surface area contributed by atoms with Crippen LogP contribution >= 0.6 is 11.8 Å². The zero-order chi connectivity index (χ0) is 12.9. The Hall–Kier alpha value is -1.24. The molecule has 0 fully saturated rings. The molecule has 0 saturated heterocycles. The number of alkyl halides is 3. The molecule has 0 saturated carbocycles. The van der Waals surface area contributed by atoms with Gasteiger partial charge in [-0.2, -0.15) is 13.2 Å². The standard InChI is InChI=1S/C10H10F3NO2S/c11-10(12,13)3-1-5-17-8-6-7(9(15)16)2-4-14-8/h2,4,6H,1,3,5H2,(H,15,16). The fraction of sp³-hybridized carbons (Fsp3) is 0.400. The summed E-state index contributed by atoms with van der Waals surface area (Å²) in [7, 11) is 0. The zero-order valence-corrected chi connectivity index (χ0v) is 9.51. The van der Waals surface area contributed by atoms with E-state index in [1.807, 2.05) is 0 Å². The second-order valence-corrected chi connectivity index (χ2v) is 4.37. The fourth-order valence-corrected chi connectivity index (χ4v) is 1.91. The summed E-state index contributed by atoms with van der Waals surface area (Å²) in [6, 6.07) is 2.68. The number of halogens is 3. The normalized spacial score (nSPS) is 11.5. The number of hydrogen-bond donors (Lipinski definition) is 1. The van der Waals surface area contributed by atoms with E-state index in [1.165, 1.54) is 18.3 Å². The molecular formula is C10H10F3NO2S. The molecule has 0 aliphatic rings. The molecule has 17 heavy (non-hydrogen) atoms. The van der Waals surface area contributed by atoms with Crippen LogP contribution in [0.15, 0.2) is 23.4 Å². The molecule has 1 aromatic heterocycles. The molecule has 0 radical (unpaired) electrons. The van der Waals surface area contributed by atoms with Crippen LogP contribution in [-0.2, 0) is 0 Å². The fourth-order valence-electron chi connectivity index (χ4n) is 1.07. The summed E-state index contributed by atoms with van der Waals surface area (Å²) in [6.07, 6.45) is -3.65. The number of carboxylic acid groups (broad SMARTS) is 1. The van der Waals surface area contributed by atoms with Crippen molar-refractivity contribution in [1.29, 1.82) is 0 Å².